The van der Waals surface area contributed by atoms with Crippen molar-refractivity contribution >= 4 is 21.9 Å². The highest BCUT2D eigenvalue weighted by molar-refractivity contribution is 9.10. The lowest BCUT2D eigenvalue weighted by molar-refractivity contribution is 0.192. The molecule has 0 aromatic carbocycles. The Morgan fingerprint density at radius 3 is 2.82 bits per heavy atom. The van der Waals surface area contributed by atoms with E-state index in [0.29, 0.717) is 11.8 Å². The van der Waals surface area contributed by atoms with Crippen LogP contribution in [0.4, 0.5) is 5.95 Å². The van der Waals surface area contributed by atoms with Gasteiger partial charge in [0, 0.05) is 20.3 Å². The Morgan fingerprint density at radius 1 is 1.29 bits per heavy atom. The predicted molar refractivity (Wildman–Crippen MR) is 70.5 cm³/mol. The van der Waals surface area contributed by atoms with Gasteiger partial charge in [-0.25, -0.2) is 4.98 Å². The van der Waals surface area contributed by atoms with Gasteiger partial charge in [-0.15, -0.1) is 0 Å². The Kier molecular flexibility index (Phi) is 6.88. The largest absolute Gasteiger partial charge is 0.480 e. The van der Waals surface area contributed by atoms with Crippen LogP contribution >= 0.6 is 15.9 Å². The Balaban J connectivity index is 2.27. The summed E-state index contributed by atoms with van der Waals surface area (Å²) in [5.41, 5.74) is 0. The zero-order valence-electron chi connectivity index (χ0n) is 10.2. The molecule has 1 aromatic heterocycles. The minimum absolute atomic E-state index is 0.543. The number of anilines is 1. The highest BCUT2D eigenvalue weighted by atomic mass is 79.9. The maximum Gasteiger partial charge on any atom is 0.232 e. The molecule has 1 aromatic rings. The summed E-state index contributed by atoms with van der Waals surface area (Å²) >= 11 is 3.31. The van der Waals surface area contributed by atoms with Gasteiger partial charge in [0.15, 0.2) is 0 Å². The van der Waals surface area contributed by atoms with Crippen LogP contribution in [0.25, 0.3) is 0 Å². The summed E-state index contributed by atoms with van der Waals surface area (Å²) in [5, 5.41) is 3.16. The van der Waals surface area contributed by atoms with Gasteiger partial charge in [0.1, 0.15) is 0 Å². The average Bonchev–Trinajstić information content (AvgIpc) is 2.35. The smallest absolute Gasteiger partial charge is 0.232 e. The molecule has 0 saturated carbocycles. The van der Waals surface area contributed by atoms with Crippen molar-refractivity contribution < 1.29 is 9.47 Å². The summed E-state index contributed by atoms with van der Waals surface area (Å²) in [7, 11) is 3.31. The summed E-state index contributed by atoms with van der Waals surface area (Å²) in [6.45, 7) is 1.68. The summed E-state index contributed by atoms with van der Waals surface area (Å²) in [5.74, 6) is 1.14. The minimum Gasteiger partial charge on any atom is -0.480 e. The number of hydrogen-bond donors (Lipinski definition) is 1. The summed E-state index contributed by atoms with van der Waals surface area (Å²) in [6.07, 6.45) is 4.97. The van der Waals surface area contributed by atoms with Crippen molar-refractivity contribution in [2.75, 3.05) is 32.7 Å². The normalized spacial score (nSPS) is 10.3. The van der Waals surface area contributed by atoms with E-state index >= 15 is 0 Å². The second-order valence-electron chi connectivity index (χ2n) is 3.53. The Labute approximate surface area is 110 Å². The van der Waals surface area contributed by atoms with Crippen molar-refractivity contribution in [1.82, 2.24) is 9.97 Å². The van der Waals surface area contributed by atoms with Crippen LogP contribution < -0.4 is 10.1 Å². The maximum atomic E-state index is 5.09. The number of nitrogens with zero attached hydrogens (tertiary/aromatic N) is 2. The fourth-order valence-corrected chi connectivity index (χ4v) is 1.68. The first-order chi connectivity index (χ1) is 8.27. The molecule has 0 fully saturated rings. The van der Waals surface area contributed by atoms with E-state index in [-0.39, 0.29) is 0 Å². The van der Waals surface area contributed by atoms with Crippen molar-refractivity contribution in [3.8, 4) is 5.88 Å². The molecule has 0 aliphatic rings. The number of rotatable bonds is 8. The Morgan fingerprint density at radius 2 is 2.12 bits per heavy atom. The molecule has 1 N–H and O–H groups in total. The quantitative estimate of drug-likeness (QED) is 0.748. The third-order valence-corrected chi connectivity index (χ3v) is 2.76. The van der Waals surface area contributed by atoms with Gasteiger partial charge in [-0.1, -0.05) is 0 Å². The van der Waals surface area contributed by atoms with Crippen LogP contribution in [0.15, 0.2) is 10.7 Å². The van der Waals surface area contributed by atoms with Crippen LogP contribution in [0.5, 0.6) is 5.88 Å². The summed E-state index contributed by atoms with van der Waals surface area (Å²) in [4.78, 5) is 8.36. The van der Waals surface area contributed by atoms with E-state index in [9.17, 15) is 0 Å². The number of halogens is 1. The molecule has 0 bridgehead atoms. The SMILES string of the molecule is COCCCCCNc1ncc(Br)c(OC)n1. The van der Waals surface area contributed by atoms with E-state index in [2.05, 4.69) is 31.2 Å². The molecule has 17 heavy (non-hydrogen) atoms. The maximum absolute atomic E-state index is 5.09. The van der Waals surface area contributed by atoms with Gasteiger partial charge >= 0.3 is 0 Å². The Hall–Kier alpha value is -0.880. The van der Waals surface area contributed by atoms with E-state index in [0.717, 1.165) is 36.9 Å². The third kappa shape index (κ3) is 5.32. The lowest BCUT2D eigenvalue weighted by Crippen LogP contribution is -2.06. The van der Waals surface area contributed by atoms with Gasteiger partial charge in [-0.3, -0.25) is 0 Å². The van der Waals surface area contributed by atoms with E-state index in [1.54, 1.807) is 20.4 Å². The fourth-order valence-electron chi connectivity index (χ4n) is 1.33. The number of ether oxygens (including phenoxy) is 2. The third-order valence-electron chi connectivity index (χ3n) is 2.21. The molecule has 1 heterocycles. The van der Waals surface area contributed by atoms with Crippen LogP contribution in [-0.2, 0) is 4.74 Å². The van der Waals surface area contributed by atoms with Gasteiger partial charge in [0.2, 0.25) is 11.8 Å². The summed E-state index contributed by atoms with van der Waals surface area (Å²) < 4.78 is 10.8. The topological polar surface area (TPSA) is 56.3 Å². The highest BCUT2D eigenvalue weighted by Crippen LogP contribution is 2.21. The minimum atomic E-state index is 0.543. The lowest BCUT2D eigenvalue weighted by Gasteiger charge is -2.07. The van der Waals surface area contributed by atoms with Crippen molar-refractivity contribution in [3.63, 3.8) is 0 Å². The van der Waals surface area contributed by atoms with Gasteiger partial charge in [-0.2, -0.15) is 4.98 Å². The molecule has 0 unspecified atom stereocenters. The standard InChI is InChI=1S/C11H18BrN3O2/c1-16-7-5-3-4-6-13-11-14-8-9(12)10(15-11)17-2/h8H,3-7H2,1-2H3,(H,13,14,15). The highest BCUT2D eigenvalue weighted by Gasteiger charge is 2.03. The van der Waals surface area contributed by atoms with Gasteiger partial charge in [-0.05, 0) is 35.2 Å². The van der Waals surface area contributed by atoms with Crippen LogP contribution in [-0.4, -0.2) is 37.3 Å². The number of nitrogens with one attached hydrogen (secondary N) is 1. The number of hydrogen-bond acceptors (Lipinski definition) is 5. The van der Waals surface area contributed by atoms with E-state index < -0.39 is 0 Å². The Bertz CT molecular complexity index is 336. The molecular weight excluding hydrogens is 286 g/mol. The zero-order chi connectivity index (χ0) is 12.5. The first-order valence-electron chi connectivity index (χ1n) is 5.57. The van der Waals surface area contributed by atoms with E-state index in [1.165, 1.54) is 0 Å². The van der Waals surface area contributed by atoms with Crippen molar-refractivity contribution in [3.05, 3.63) is 10.7 Å². The second-order valence-corrected chi connectivity index (χ2v) is 4.39. The fraction of sp³-hybridized carbons (Fsp3) is 0.636. The molecule has 96 valence electrons. The molecule has 0 spiro atoms. The van der Waals surface area contributed by atoms with Crippen LogP contribution in [0.2, 0.25) is 0 Å². The number of unbranched alkanes of at least 4 members (excludes halogenated alkanes) is 2. The molecule has 0 saturated heterocycles. The molecule has 0 aliphatic heterocycles. The molecular formula is C11H18BrN3O2. The molecule has 0 aliphatic carbocycles. The molecule has 0 radical (unpaired) electrons. The van der Waals surface area contributed by atoms with Crippen molar-refractivity contribution in [2.45, 2.75) is 19.3 Å². The van der Waals surface area contributed by atoms with Crippen LogP contribution in [0.1, 0.15) is 19.3 Å². The predicted octanol–water partition coefficient (Wildman–Crippen LogP) is 2.48. The van der Waals surface area contributed by atoms with Crippen molar-refractivity contribution in [1.29, 1.82) is 0 Å². The molecule has 0 atom stereocenters. The monoisotopic (exact) mass is 303 g/mol. The first kappa shape index (κ1) is 14.2. The van der Waals surface area contributed by atoms with E-state index in [1.807, 2.05) is 0 Å². The molecule has 5 nitrogen and oxygen atoms in total. The number of aromatic nitrogens is 2. The zero-order valence-corrected chi connectivity index (χ0v) is 11.8. The van der Waals surface area contributed by atoms with E-state index in [4.69, 9.17) is 9.47 Å². The second kappa shape index (κ2) is 8.25. The molecule has 6 heteroatoms. The summed E-state index contributed by atoms with van der Waals surface area (Å²) in [6, 6.07) is 0. The average molecular weight is 304 g/mol. The molecule has 1 rings (SSSR count). The van der Waals surface area contributed by atoms with Crippen LogP contribution in [0, 0.1) is 0 Å². The van der Waals surface area contributed by atoms with Gasteiger partial charge in [0.05, 0.1) is 17.8 Å². The number of methoxy groups -OCH3 is 2. The lowest BCUT2D eigenvalue weighted by atomic mass is 10.2. The van der Waals surface area contributed by atoms with Crippen molar-refractivity contribution in [2.24, 2.45) is 0 Å². The van der Waals surface area contributed by atoms with Gasteiger partial charge < -0.3 is 14.8 Å². The van der Waals surface area contributed by atoms with Crippen LogP contribution in [0.3, 0.4) is 0 Å². The van der Waals surface area contributed by atoms with Gasteiger partial charge in [0.25, 0.3) is 0 Å². The first-order valence-corrected chi connectivity index (χ1v) is 6.36. The molecule has 0 amide bonds.